The topological polar surface area (TPSA) is 75.2 Å². The Labute approximate surface area is 201 Å². The Balaban J connectivity index is 1.43. The van der Waals surface area contributed by atoms with Gasteiger partial charge in [0.05, 0.1) is 12.0 Å². The fourth-order valence-corrected chi connectivity index (χ4v) is 5.74. The van der Waals surface area contributed by atoms with Gasteiger partial charge in [-0.1, -0.05) is 36.4 Å². The van der Waals surface area contributed by atoms with Gasteiger partial charge in [-0.25, -0.2) is 14.4 Å². The van der Waals surface area contributed by atoms with E-state index in [1.54, 1.807) is 18.5 Å². The number of amides is 2. The van der Waals surface area contributed by atoms with E-state index in [0.717, 1.165) is 38.7 Å². The van der Waals surface area contributed by atoms with Gasteiger partial charge >= 0.3 is 0 Å². The van der Waals surface area contributed by atoms with Crippen LogP contribution in [0.3, 0.4) is 0 Å². The first kappa shape index (κ1) is 21.4. The third kappa shape index (κ3) is 3.38. The first-order valence-corrected chi connectivity index (χ1v) is 11.6. The van der Waals surface area contributed by atoms with Crippen molar-refractivity contribution in [2.24, 2.45) is 0 Å². The van der Waals surface area contributed by atoms with Crippen molar-refractivity contribution in [2.45, 2.75) is 37.8 Å². The Hall–Kier alpha value is -4.13. The van der Waals surface area contributed by atoms with E-state index in [9.17, 15) is 14.0 Å². The lowest BCUT2D eigenvalue weighted by Gasteiger charge is -2.44. The standard InChI is InChI=1S/C28H23FN4O2/c1-17(34)32-22-11-28(12-22)24-4-2-3-5-25(24)33(27(28)35)15-19-7-6-18-10-21(29)8-9-23(18)26(19)20-13-30-16-31-14-20/h2-10,13-14,16,22H,11-12,15H2,1H3,(H,32,34). The highest BCUT2D eigenvalue weighted by Gasteiger charge is 2.58. The van der Waals surface area contributed by atoms with Gasteiger partial charge in [0.25, 0.3) is 0 Å². The largest absolute Gasteiger partial charge is 0.354 e. The van der Waals surface area contributed by atoms with E-state index in [-0.39, 0.29) is 23.7 Å². The normalized spacial score (nSPS) is 20.7. The van der Waals surface area contributed by atoms with Gasteiger partial charge < -0.3 is 10.2 Å². The number of halogens is 1. The minimum absolute atomic E-state index is 0.00273. The molecule has 1 aliphatic carbocycles. The average Bonchev–Trinajstić information content (AvgIpc) is 3.07. The number of fused-ring (bicyclic) bond motifs is 3. The highest BCUT2D eigenvalue weighted by molar-refractivity contribution is 6.09. The molecule has 0 atom stereocenters. The van der Waals surface area contributed by atoms with Gasteiger partial charge in [0, 0.05) is 36.6 Å². The molecule has 0 unspecified atom stereocenters. The van der Waals surface area contributed by atoms with Crippen LogP contribution >= 0.6 is 0 Å². The number of rotatable bonds is 4. The van der Waals surface area contributed by atoms with Crippen LogP contribution in [0.25, 0.3) is 21.9 Å². The highest BCUT2D eigenvalue weighted by atomic mass is 19.1. The van der Waals surface area contributed by atoms with Crippen LogP contribution in [0.4, 0.5) is 10.1 Å². The Morgan fingerprint density at radius 2 is 1.89 bits per heavy atom. The number of benzene rings is 3. The third-order valence-electron chi connectivity index (χ3n) is 7.21. The van der Waals surface area contributed by atoms with Crippen LogP contribution in [0, 0.1) is 5.82 Å². The predicted octanol–water partition coefficient (Wildman–Crippen LogP) is 4.52. The molecule has 1 saturated carbocycles. The molecule has 1 aromatic heterocycles. The first-order chi connectivity index (χ1) is 17.0. The van der Waals surface area contributed by atoms with E-state index < -0.39 is 5.41 Å². The van der Waals surface area contributed by atoms with Crippen molar-refractivity contribution in [3.05, 3.63) is 90.3 Å². The molecule has 7 heteroatoms. The molecule has 6 rings (SSSR count). The van der Waals surface area contributed by atoms with Crippen LogP contribution < -0.4 is 10.2 Å². The van der Waals surface area contributed by atoms with Crippen LogP contribution in [-0.2, 0) is 21.5 Å². The lowest BCUT2D eigenvalue weighted by molar-refractivity contribution is -0.129. The zero-order valence-corrected chi connectivity index (χ0v) is 19.2. The summed E-state index contributed by atoms with van der Waals surface area (Å²) in [7, 11) is 0. The number of nitrogens with one attached hydrogen (secondary N) is 1. The van der Waals surface area contributed by atoms with Crippen LogP contribution in [-0.4, -0.2) is 27.8 Å². The van der Waals surface area contributed by atoms with E-state index in [1.807, 2.05) is 41.3 Å². The van der Waals surface area contributed by atoms with Gasteiger partial charge in [0.2, 0.25) is 11.8 Å². The first-order valence-electron chi connectivity index (χ1n) is 11.6. The summed E-state index contributed by atoms with van der Waals surface area (Å²) in [6.45, 7) is 1.86. The maximum absolute atomic E-state index is 14.0. The molecule has 4 aromatic rings. The summed E-state index contributed by atoms with van der Waals surface area (Å²) in [5.41, 5.74) is 3.92. The fourth-order valence-electron chi connectivity index (χ4n) is 5.74. The van der Waals surface area contributed by atoms with Crippen molar-refractivity contribution in [1.29, 1.82) is 0 Å². The molecule has 1 N–H and O–H groups in total. The van der Waals surface area contributed by atoms with Crippen LogP contribution in [0.2, 0.25) is 0 Å². The summed E-state index contributed by atoms with van der Waals surface area (Å²) in [5, 5.41) is 4.60. The molecule has 2 heterocycles. The summed E-state index contributed by atoms with van der Waals surface area (Å²) in [6, 6.07) is 16.5. The molecule has 0 radical (unpaired) electrons. The second kappa shape index (κ2) is 7.98. The van der Waals surface area contributed by atoms with Crippen molar-refractivity contribution in [1.82, 2.24) is 15.3 Å². The van der Waals surface area contributed by atoms with Crippen molar-refractivity contribution >= 4 is 28.3 Å². The van der Waals surface area contributed by atoms with Crippen molar-refractivity contribution in [3.63, 3.8) is 0 Å². The monoisotopic (exact) mass is 466 g/mol. The molecule has 6 nitrogen and oxygen atoms in total. The Morgan fingerprint density at radius 3 is 2.66 bits per heavy atom. The smallest absolute Gasteiger partial charge is 0.238 e. The van der Waals surface area contributed by atoms with Crippen molar-refractivity contribution in [2.75, 3.05) is 4.90 Å². The number of carbonyl (C=O) groups excluding carboxylic acids is 2. The summed E-state index contributed by atoms with van der Waals surface area (Å²) >= 11 is 0. The molecule has 2 amide bonds. The molecule has 0 saturated heterocycles. The number of para-hydroxylation sites is 1. The molecule has 174 valence electrons. The van der Waals surface area contributed by atoms with Gasteiger partial charge in [-0.05, 0) is 58.5 Å². The lowest BCUT2D eigenvalue weighted by Crippen LogP contribution is -2.57. The number of hydrogen-bond donors (Lipinski definition) is 1. The van der Waals surface area contributed by atoms with Crippen molar-refractivity contribution in [3.8, 4) is 11.1 Å². The van der Waals surface area contributed by atoms with Crippen molar-refractivity contribution < 1.29 is 14.0 Å². The number of aromatic nitrogens is 2. The summed E-state index contributed by atoms with van der Waals surface area (Å²) < 4.78 is 14.0. The van der Waals surface area contributed by atoms with Crippen LogP contribution in [0.1, 0.15) is 30.9 Å². The van der Waals surface area contributed by atoms with Gasteiger partial charge in [0.15, 0.2) is 0 Å². The van der Waals surface area contributed by atoms with E-state index in [4.69, 9.17) is 0 Å². The predicted molar refractivity (Wildman–Crippen MR) is 131 cm³/mol. The maximum Gasteiger partial charge on any atom is 0.238 e. The molecule has 1 fully saturated rings. The van der Waals surface area contributed by atoms with Gasteiger partial charge in [-0.3, -0.25) is 9.59 Å². The zero-order valence-electron chi connectivity index (χ0n) is 19.2. The SMILES string of the molecule is CC(=O)NC1CC2(C1)C(=O)N(Cc1ccc3cc(F)ccc3c1-c1cncnc1)c1ccccc12. The van der Waals surface area contributed by atoms with E-state index in [2.05, 4.69) is 15.3 Å². The van der Waals surface area contributed by atoms with Gasteiger partial charge in [-0.15, -0.1) is 0 Å². The van der Waals surface area contributed by atoms with Gasteiger partial charge in [0.1, 0.15) is 12.1 Å². The van der Waals surface area contributed by atoms with Crippen LogP contribution in [0.15, 0.2) is 73.3 Å². The average molecular weight is 467 g/mol. The second-order valence-corrected chi connectivity index (χ2v) is 9.39. The Bertz CT molecular complexity index is 1480. The Morgan fingerprint density at radius 1 is 1.11 bits per heavy atom. The van der Waals surface area contributed by atoms with Gasteiger partial charge in [-0.2, -0.15) is 0 Å². The second-order valence-electron chi connectivity index (χ2n) is 9.39. The number of hydrogen-bond acceptors (Lipinski definition) is 4. The third-order valence-corrected chi connectivity index (χ3v) is 7.21. The van der Waals surface area contributed by atoms with E-state index >= 15 is 0 Å². The number of anilines is 1. The Kier molecular flexibility index (Phi) is 4.88. The molecule has 3 aromatic carbocycles. The zero-order chi connectivity index (χ0) is 24.2. The molecular weight excluding hydrogens is 443 g/mol. The summed E-state index contributed by atoms with van der Waals surface area (Å²) in [5.74, 6) is -0.331. The molecule has 35 heavy (non-hydrogen) atoms. The summed E-state index contributed by atoms with van der Waals surface area (Å²) in [6.07, 6.45) is 6.13. The molecule has 0 bridgehead atoms. The number of carbonyl (C=O) groups is 2. The maximum atomic E-state index is 14.0. The number of nitrogens with zero attached hydrogens (tertiary/aromatic N) is 3. The summed E-state index contributed by atoms with van der Waals surface area (Å²) in [4.78, 5) is 35.7. The fraction of sp³-hybridized carbons (Fsp3) is 0.214. The minimum atomic E-state index is -0.611. The molecule has 2 aliphatic rings. The minimum Gasteiger partial charge on any atom is -0.354 e. The van der Waals surface area contributed by atoms with E-state index in [0.29, 0.717) is 19.4 Å². The molecule has 1 aliphatic heterocycles. The molecule has 1 spiro atoms. The molecular formula is C28H23FN4O2. The van der Waals surface area contributed by atoms with Crippen LogP contribution in [0.5, 0.6) is 0 Å². The highest BCUT2D eigenvalue weighted by Crippen LogP contribution is 2.54. The quantitative estimate of drug-likeness (QED) is 0.480. The van der Waals surface area contributed by atoms with E-state index in [1.165, 1.54) is 25.4 Å². The lowest BCUT2D eigenvalue weighted by atomic mass is 9.62.